The van der Waals surface area contributed by atoms with Crippen molar-refractivity contribution in [2.45, 2.75) is 33.7 Å². The molecule has 0 saturated carbocycles. The third-order valence-corrected chi connectivity index (χ3v) is 5.83. The minimum Gasteiger partial charge on any atom is -0.367 e. The number of hydrogen-bond donors (Lipinski definition) is 1. The van der Waals surface area contributed by atoms with Gasteiger partial charge in [-0.15, -0.1) is 0 Å². The third kappa shape index (κ3) is 4.17. The summed E-state index contributed by atoms with van der Waals surface area (Å²) in [6.45, 7) is 11.6. The molecule has 6 nitrogen and oxygen atoms in total. The van der Waals surface area contributed by atoms with Crippen LogP contribution in [0.25, 0.3) is 16.7 Å². The summed E-state index contributed by atoms with van der Waals surface area (Å²) in [5, 5.41) is 0. The highest BCUT2D eigenvalue weighted by Crippen LogP contribution is 2.30. The first-order valence-electron chi connectivity index (χ1n) is 10.1. The number of rotatable bonds is 4. The number of halogens is 1. The Kier molecular flexibility index (Phi) is 5.50. The Hall–Kier alpha value is -3.61. The van der Waals surface area contributed by atoms with Crippen LogP contribution < -0.4 is 5.56 Å². The summed E-state index contributed by atoms with van der Waals surface area (Å²) >= 11 is 0. The molecule has 0 radical (unpaired) electrons. The van der Waals surface area contributed by atoms with Crippen LogP contribution in [0.15, 0.2) is 59.4 Å². The monoisotopic (exact) mass is 417 g/mol. The van der Waals surface area contributed by atoms with Gasteiger partial charge in [0.25, 0.3) is 5.56 Å². The summed E-state index contributed by atoms with van der Waals surface area (Å²) in [5.41, 5.74) is 7.36. The summed E-state index contributed by atoms with van der Waals surface area (Å²) in [6, 6.07) is 4.93. The lowest BCUT2D eigenvalue weighted by molar-refractivity contribution is 0.326. The van der Waals surface area contributed by atoms with Crippen LogP contribution in [0.3, 0.4) is 0 Å². The maximum Gasteiger partial charge on any atom is 0.251 e. The SMILES string of the molecule is C=C(/C(C)=C(/C)c1nccc(=O)[nH]1)N1CCc2ncc(-c3cnc(F)cc3C)cc2C1. The van der Waals surface area contributed by atoms with Crippen molar-refractivity contribution in [2.75, 3.05) is 6.54 Å². The number of fused-ring (bicyclic) bond motifs is 1. The Morgan fingerprint density at radius 3 is 2.74 bits per heavy atom. The van der Waals surface area contributed by atoms with Gasteiger partial charge in [0.15, 0.2) is 0 Å². The average Bonchev–Trinajstić information content (AvgIpc) is 2.77. The molecule has 4 heterocycles. The van der Waals surface area contributed by atoms with Gasteiger partial charge < -0.3 is 9.88 Å². The van der Waals surface area contributed by atoms with Crippen LogP contribution in [0.2, 0.25) is 0 Å². The van der Waals surface area contributed by atoms with Crippen LogP contribution in [0.4, 0.5) is 4.39 Å². The van der Waals surface area contributed by atoms with Crippen molar-refractivity contribution in [3.63, 3.8) is 0 Å². The quantitative estimate of drug-likeness (QED) is 0.512. The van der Waals surface area contributed by atoms with E-state index in [2.05, 4.69) is 37.5 Å². The molecular weight excluding hydrogens is 393 g/mol. The highest BCUT2D eigenvalue weighted by Gasteiger charge is 2.21. The Bertz CT molecular complexity index is 1260. The van der Waals surface area contributed by atoms with Gasteiger partial charge in [0.1, 0.15) is 5.82 Å². The molecule has 0 unspecified atom stereocenters. The predicted octanol–water partition coefficient (Wildman–Crippen LogP) is 4.04. The maximum absolute atomic E-state index is 13.4. The van der Waals surface area contributed by atoms with E-state index in [4.69, 9.17) is 0 Å². The first-order valence-corrected chi connectivity index (χ1v) is 10.1. The zero-order valence-electron chi connectivity index (χ0n) is 17.9. The number of aromatic nitrogens is 4. The zero-order chi connectivity index (χ0) is 22.1. The fraction of sp³-hybridized carbons (Fsp3) is 0.250. The minimum absolute atomic E-state index is 0.182. The van der Waals surface area contributed by atoms with Gasteiger partial charge in [-0.25, -0.2) is 9.97 Å². The summed E-state index contributed by atoms with van der Waals surface area (Å²) < 4.78 is 13.4. The van der Waals surface area contributed by atoms with Crippen molar-refractivity contribution in [1.29, 1.82) is 0 Å². The number of aryl methyl sites for hydroxylation is 1. The Morgan fingerprint density at radius 1 is 1.19 bits per heavy atom. The summed E-state index contributed by atoms with van der Waals surface area (Å²) in [5.74, 6) is 0.0633. The van der Waals surface area contributed by atoms with Gasteiger partial charge in [-0.3, -0.25) is 9.78 Å². The normalized spacial score (nSPS) is 14.1. The van der Waals surface area contributed by atoms with E-state index in [0.717, 1.165) is 57.8 Å². The molecular formula is C24H24FN5O. The van der Waals surface area contributed by atoms with E-state index in [1.54, 1.807) is 6.20 Å². The second-order valence-electron chi connectivity index (χ2n) is 7.80. The van der Waals surface area contributed by atoms with Crippen molar-refractivity contribution in [3.05, 3.63) is 93.6 Å². The summed E-state index contributed by atoms with van der Waals surface area (Å²) in [6.07, 6.45) is 5.70. The molecule has 0 amide bonds. The number of allylic oxidation sites excluding steroid dienone is 2. The molecule has 158 valence electrons. The fourth-order valence-corrected chi connectivity index (χ4v) is 3.82. The van der Waals surface area contributed by atoms with Crippen molar-refractivity contribution in [2.24, 2.45) is 0 Å². The molecule has 0 atom stereocenters. The van der Waals surface area contributed by atoms with Crippen LogP contribution >= 0.6 is 0 Å². The van der Waals surface area contributed by atoms with Gasteiger partial charge in [0, 0.05) is 66.7 Å². The van der Waals surface area contributed by atoms with Gasteiger partial charge in [0.2, 0.25) is 5.95 Å². The van der Waals surface area contributed by atoms with E-state index < -0.39 is 5.95 Å². The predicted molar refractivity (Wildman–Crippen MR) is 119 cm³/mol. The van der Waals surface area contributed by atoms with Gasteiger partial charge in [0.05, 0.1) is 0 Å². The molecule has 0 aromatic carbocycles. The first-order chi connectivity index (χ1) is 14.8. The molecule has 1 aliphatic rings. The Labute approximate surface area is 180 Å². The Morgan fingerprint density at radius 2 is 2.00 bits per heavy atom. The van der Waals surface area contributed by atoms with E-state index in [9.17, 15) is 9.18 Å². The van der Waals surface area contributed by atoms with Crippen molar-refractivity contribution < 1.29 is 4.39 Å². The molecule has 3 aromatic heterocycles. The van der Waals surface area contributed by atoms with E-state index in [1.165, 1.54) is 18.3 Å². The standard InChI is InChI=1S/C24H24FN5O/c1-14-9-22(25)28-12-20(14)18-10-19-13-30(8-6-21(19)27-11-18)17(4)15(2)16(3)24-26-7-5-23(31)29-24/h5,7,9-12H,4,6,8,13H2,1-3H3,(H,26,29,31)/b16-15-. The molecule has 0 fully saturated rings. The lowest BCUT2D eigenvalue weighted by Crippen LogP contribution is -2.30. The van der Waals surface area contributed by atoms with E-state index >= 15 is 0 Å². The van der Waals surface area contributed by atoms with E-state index in [1.807, 2.05) is 27.0 Å². The molecule has 1 aliphatic heterocycles. The van der Waals surface area contributed by atoms with Crippen molar-refractivity contribution >= 4 is 5.57 Å². The highest BCUT2D eigenvalue weighted by molar-refractivity contribution is 5.67. The topological polar surface area (TPSA) is 74.8 Å². The molecule has 7 heteroatoms. The lowest BCUT2D eigenvalue weighted by atomic mass is 9.97. The largest absolute Gasteiger partial charge is 0.367 e. The van der Waals surface area contributed by atoms with Crippen molar-refractivity contribution in [1.82, 2.24) is 24.8 Å². The van der Waals surface area contributed by atoms with Crippen LogP contribution in [0.1, 0.15) is 36.5 Å². The average molecular weight is 417 g/mol. The highest BCUT2D eigenvalue weighted by atomic mass is 19.1. The van der Waals surface area contributed by atoms with Crippen LogP contribution in [-0.4, -0.2) is 31.4 Å². The van der Waals surface area contributed by atoms with E-state index in [0.29, 0.717) is 12.4 Å². The molecule has 31 heavy (non-hydrogen) atoms. The Balaban J connectivity index is 1.61. The molecule has 3 aromatic rings. The van der Waals surface area contributed by atoms with Gasteiger partial charge in [-0.05, 0) is 55.2 Å². The molecule has 0 saturated heterocycles. The van der Waals surface area contributed by atoms with Crippen LogP contribution in [-0.2, 0) is 13.0 Å². The van der Waals surface area contributed by atoms with Gasteiger partial charge in [-0.1, -0.05) is 6.58 Å². The molecule has 0 bridgehead atoms. The summed E-state index contributed by atoms with van der Waals surface area (Å²) in [7, 11) is 0. The second kappa shape index (κ2) is 8.26. The number of nitrogens with zero attached hydrogens (tertiary/aromatic N) is 4. The van der Waals surface area contributed by atoms with Crippen molar-refractivity contribution in [3.8, 4) is 11.1 Å². The molecule has 0 spiro atoms. The second-order valence-corrected chi connectivity index (χ2v) is 7.80. The first kappa shape index (κ1) is 20.7. The van der Waals surface area contributed by atoms with Gasteiger partial charge >= 0.3 is 0 Å². The molecule has 4 rings (SSSR count). The van der Waals surface area contributed by atoms with Crippen LogP contribution in [0, 0.1) is 12.9 Å². The maximum atomic E-state index is 13.4. The smallest absolute Gasteiger partial charge is 0.251 e. The number of nitrogens with one attached hydrogen (secondary N) is 1. The summed E-state index contributed by atoms with van der Waals surface area (Å²) in [4.78, 5) is 29.3. The number of H-pyrrole nitrogens is 1. The molecule has 0 aliphatic carbocycles. The molecule has 1 N–H and O–H groups in total. The number of hydrogen-bond acceptors (Lipinski definition) is 5. The van der Waals surface area contributed by atoms with Gasteiger partial charge in [-0.2, -0.15) is 4.39 Å². The zero-order valence-corrected chi connectivity index (χ0v) is 17.9. The number of aromatic amines is 1. The van der Waals surface area contributed by atoms with Crippen LogP contribution in [0.5, 0.6) is 0 Å². The fourth-order valence-electron chi connectivity index (χ4n) is 3.82. The number of pyridine rings is 2. The lowest BCUT2D eigenvalue weighted by Gasteiger charge is -2.32. The third-order valence-electron chi connectivity index (χ3n) is 5.83. The minimum atomic E-state index is -0.485. The van der Waals surface area contributed by atoms with E-state index in [-0.39, 0.29) is 5.56 Å².